The highest BCUT2D eigenvalue weighted by molar-refractivity contribution is 5.19. The predicted molar refractivity (Wildman–Crippen MR) is 83.2 cm³/mol. The standard InChI is InChI=1S/C17H20F3N3O/c18-17(19,20)12-23-8-7-22-15(23)11-21-10-14-6-9-24-16(14)13-4-2-1-3-5-13/h1-5,7-8,14,16,21H,6,9-12H2/t14-,16-/m1/s1. The van der Waals surface area contributed by atoms with Crippen molar-refractivity contribution in [2.24, 2.45) is 5.92 Å². The van der Waals surface area contributed by atoms with Crippen LogP contribution in [0.3, 0.4) is 0 Å². The number of halogens is 3. The van der Waals surface area contributed by atoms with Crippen LogP contribution in [0.2, 0.25) is 0 Å². The summed E-state index contributed by atoms with van der Waals surface area (Å²) >= 11 is 0. The van der Waals surface area contributed by atoms with Gasteiger partial charge in [-0.15, -0.1) is 0 Å². The van der Waals surface area contributed by atoms with Gasteiger partial charge in [0.15, 0.2) is 0 Å². The second-order valence-corrected chi connectivity index (χ2v) is 5.97. The number of benzene rings is 1. The molecule has 1 aromatic heterocycles. The van der Waals surface area contributed by atoms with Gasteiger partial charge in [-0.3, -0.25) is 0 Å². The van der Waals surface area contributed by atoms with Gasteiger partial charge in [0.1, 0.15) is 12.4 Å². The molecule has 1 aromatic carbocycles. The van der Waals surface area contributed by atoms with E-state index in [2.05, 4.69) is 10.3 Å². The van der Waals surface area contributed by atoms with E-state index in [1.54, 1.807) is 0 Å². The minimum Gasteiger partial charge on any atom is -0.373 e. The molecule has 0 spiro atoms. The number of nitrogens with one attached hydrogen (secondary N) is 1. The molecule has 2 aromatic rings. The zero-order chi connectivity index (χ0) is 17.0. The van der Waals surface area contributed by atoms with E-state index in [4.69, 9.17) is 4.74 Å². The van der Waals surface area contributed by atoms with E-state index in [0.717, 1.165) is 16.6 Å². The lowest BCUT2D eigenvalue weighted by atomic mass is 9.95. The van der Waals surface area contributed by atoms with E-state index >= 15 is 0 Å². The molecule has 0 radical (unpaired) electrons. The average molecular weight is 339 g/mol. The molecule has 1 saturated heterocycles. The highest BCUT2D eigenvalue weighted by Crippen LogP contribution is 2.33. The van der Waals surface area contributed by atoms with Gasteiger partial charge in [0.05, 0.1) is 12.6 Å². The van der Waals surface area contributed by atoms with E-state index < -0.39 is 12.7 Å². The number of imidazole rings is 1. The van der Waals surface area contributed by atoms with Gasteiger partial charge in [-0.25, -0.2) is 4.98 Å². The van der Waals surface area contributed by atoms with Crippen molar-refractivity contribution in [3.8, 4) is 0 Å². The molecule has 0 amide bonds. The van der Waals surface area contributed by atoms with Crippen LogP contribution in [-0.4, -0.2) is 28.9 Å². The largest absolute Gasteiger partial charge is 0.406 e. The molecule has 0 aliphatic carbocycles. The fraction of sp³-hybridized carbons (Fsp3) is 0.471. The minimum absolute atomic E-state index is 0.0358. The van der Waals surface area contributed by atoms with Crippen LogP contribution in [0, 0.1) is 5.92 Å². The molecule has 0 bridgehead atoms. The molecule has 1 aliphatic rings. The van der Waals surface area contributed by atoms with E-state index in [0.29, 0.717) is 31.4 Å². The summed E-state index contributed by atoms with van der Waals surface area (Å²) < 4.78 is 44.5. The van der Waals surface area contributed by atoms with Crippen molar-refractivity contribution in [1.29, 1.82) is 0 Å². The number of aromatic nitrogens is 2. The topological polar surface area (TPSA) is 39.1 Å². The monoisotopic (exact) mass is 339 g/mol. The van der Waals surface area contributed by atoms with Crippen molar-refractivity contribution in [3.05, 3.63) is 54.1 Å². The van der Waals surface area contributed by atoms with E-state index in [1.165, 1.54) is 12.4 Å². The summed E-state index contributed by atoms with van der Waals surface area (Å²) in [6.07, 6.45) is -0.519. The molecular weight excluding hydrogens is 319 g/mol. The van der Waals surface area contributed by atoms with Crippen molar-refractivity contribution in [2.45, 2.75) is 31.8 Å². The molecule has 3 rings (SSSR count). The lowest BCUT2D eigenvalue weighted by Gasteiger charge is -2.19. The van der Waals surface area contributed by atoms with Crippen LogP contribution in [0.25, 0.3) is 0 Å². The Morgan fingerprint density at radius 3 is 2.79 bits per heavy atom. The number of hydrogen-bond acceptors (Lipinski definition) is 3. The SMILES string of the molecule is FC(F)(F)Cn1ccnc1CNC[C@H]1CCO[C@@H]1c1ccccc1. The maximum absolute atomic E-state index is 12.5. The van der Waals surface area contributed by atoms with Crippen LogP contribution in [0.5, 0.6) is 0 Å². The molecule has 24 heavy (non-hydrogen) atoms. The summed E-state index contributed by atoms with van der Waals surface area (Å²) in [7, 11) is 0. The van der Waals surface area contributed by atoms with Crippen LogP contribution in [-0.2, 0) is 17.8 Å². The Kier molecular flexibility index (Phi) is 5.20. The Bertz CT molecular complexity index is 642. The van der Waals surface area contributed by atoms with Crippen molar-refractivity contribution in [1.82, 2.24) is 14.9 Å². The number of ether oxygens (including phenoxy) is 1. The smallest absolute Gasteiger partial charge is 0.373 e. The zero-order valence-electron chi connectivity index (χ0n) is 13.2. The molecule has 2 atom stereocenters. The molecule has 0 unspecified atom stereocenters. The summed E-state index contributed by atoms with van der Waals surface area (Å²) in [6, 6.07) is 10.0. The lowest BCUT2D eigenvalue weighted by Crippen LogP contribution is -2.27. The van der Waals surface area contributed by atoms with E-state index in [9.17, 15) is 13.2 Å². The molecule has 1 fully saturated rings. The molecule has 2 heterocycles. The Labute approximate surface area is 138 Å². The number of hydrogen-bond donors (Lipinski definition) is 1. The zero-order valence-corrected chi connectivity index (χ0v) is 13.2. The second kappa shape index (κ2) is 7.36. The van der Waals surface area contributed by atoms with Crippen molar-refractivity contribution < 1.29 is 17.9 Å². The van der Waals surface area contributed by atoms with E-state index in [1.807, 2.05) is 30.3 Å². The molecular formula is C17H20F3N3O. The third-order valence-electron chi connectivity index (χ3n) is 4.18. The van der Waals surface area contributed by atoms with Gasteiger partial charge < -0.3 is 14.6 Å². The Hall–Kier alpha value is -1.86. The summed E-state index contributed by atoms with van der Waals surface area (Å²) in [5.41, 5.74) is 1.14. The molecule has 1 N–H and O–H groups in total. The highest BCUT2D eigenvalue weighted by atomic mass is 19.4. The van der Waals surface area contributed by atoms with Gasteiger partial charge in [0, 0.05) is 31.5 Å². The fourth-order valence-electron chi connectivity index (χ4n) is 3.07. The van der Waals surface area contributed by atoms with Crippen LogP contribution in [0.4, 0.5) is 13.2 Å². The molecule has 0 saturated carbocycles. The third kappa shape index (κ3) is 4.36. The molecule has 4 nitrogen and oxygen atoms in total. The van der Waals surface area contributed by atoms with E-state index in [-0.39, 0.29) is 6.10 Å². The maximum atomic E-state index is 12.5. The summed E-state index contributed by atoms with van der Waals surface area (Å²) in [5.74, 6) is 0.695. The van der Waals surface area contributed by atoms with Crippen molar-refractivity contribution >= 4 is 0 Å². The number of alkyl halides is 3. The average Bonchev–Trinajstić information content (AvgIpc) is 3.17. The van der Waals surface area contributed by atoms with Gasteiger partial charge in [-0.05, 0) is 12.0 Å². The normalized spacial score (nSPS) is 21.3. The lowest BCUT2D eigenvalue weighted by molar-refractivity contribution is -0.141. The summed E-state index contributed by atoms with van der Waals surface area (Å²) in [6.45, 7) is 0.678. The first-order valence-corrected chi connectivity index (χ1v) is 7.97. The molecule has 130 valence electrons. The summed E-state index contributed by atoms with van der Waals surface area (Å²) in [5, 5.41) is 3.22. The maximum Gasteiger partial charge on any atom is 0.406 e. The molecule has 1 aliphatic heterocycles. The fourth-order valence-corrected chi connectivity index (χ4v) is 3.07. The molecule has 7 heteroatoms. The Morgan fingerprint density at radius 2 is 2.04 bits per heavy atom. The number of nitrogens with zero attached hydrogens (tertiary/aromatic N) is 2. The van der Waals surface area contributed by atoms with Gasteiger partial charge in [-0.2, -0.15) is 13.2 Å². The van der Waals surface area contributed by atoms with Gasteiger partial charge >= 0.3 is 6.18 Å². The third-order valence-corrected chi connectivity index (χ3v) is 4.18. The first-order chi connectivity index (χ1) is 11.5. The Balaban J connectivity index is 1.54. The van der Waals surface area contributed by atoms with Crippen LogP contribution < -0.4 is 5.32 Å². The van der Waals surface area contributed by atoms with Gasteiger partial charge in [0.2, 0.25) is 0 Å². The van der Waals surface area contributed by atoms with Crippen LogP contribution in [0.1, 0.15) is 23.9 Å². The predicted octanol–water partition coefficient (Wildman–Crippen LogP) is 3.31. The first-order valence-electron chi connectivity index (χ1n) is 7.97. The van der Waals surface area contributed by atoms with Crippen molar-refractivity contribution in [3.63, 3.8) is 0 Å². The quantitative estimate of drug-likeness (QED) is 0.878. The van der Waals surface area contributed by atoms with Gasteiger partial charge in [0.25, 0.3) is 0 Å². The highest BCUT2D eigenvalue weighted by Gasteiger charge is 2.30. The summed E-state index contributed by atoms with van der Waals surface area (Å²) in [4.78, 5) is 4.01. The number of rotatable bonds is 6. The van der Waals surface area contributed by atoms with Crippen molar-refractivity contribution in [2.75, 3.05) is 13.2 Å². The minimum atomic E-state index is -4.24. The second-order valence-electron chi connectivity index (χ2n) is 5.97. The van der Waals surface area contributed by atoms with Gasteiger partial charge in [-0.1, -0.05) is 30.3 Å². The Morgan fingerprint density at radius 1 is 1.25 bits per heavy atom. The first kappa shape index (κ1) is 17.0. The van der Waals surface area contributed by atoms with Crippen LogP contribution in [0.15, 0.2) is 42.7 Å². The van der Waals surface area contributed by atoms with Crippen LogP contribution >= 0.6 is 0 Å².